The number of nitrogens with zero attached hydrogens (tertiary/aromatic N) is 2. The molecule has 0 saturated heterocycles. The van der Waals surface area contributed by atoms with Crippen LogP contribution in [0.15, 0.2) is 107 Å². The molecular formula is C29H23Cl3N4O4S. The molecule has 0 saturated carbocycles. The number of carbonyl (C=O) groups is 2. The fourth-order valence-corrected chi connectivity index (χ4v) is 5.63. The van der Waals surface area contributed by atoms with Gasteiger partial charge in [-0.25, -0.2) is 13.8 Å². The Balaban J connectivity index is 1.50. The lowest BCUT2D eigenvalue weighted by Gasteiger charge is -2.24. The van der Waals surface area contributed by atoms with E-state index in [1.54, 1.807) is 67.6 Å². The standard InChI is InChI=1S/C29H23Cl3N4O4S/c1-19(20-5-3-9-25(16-20)33-29(38)21-6-2-7-23(31)15-21)34-35-28(37)18-36(26-10-4-8-24(32)17-26)41(39,40)27-13-11-22(30)12-14-27/h2-17H,18H2,1H3,(H,33,38)(H,35,37)/b34-19-. The molecule has 4 aromatic carbocycles. The maximum absolute atomic E-state index is 13.5. The molecule has 0 aliphatic heterocycles. The Morgan fingerprint density at radius 3 is 2.10 bits per heavy atom. The van der Waals surface area contributed by atoms with E-state index in [0.717, 1.165) is 4.31 Å². The number of nitrogens with one attached hydrogen (secondary N) is 2. The molecule has 0 unspecified atom stereocenters. The Kier molecular flexibility index (Phi) is 9.67. The summed E-state index contributed by atoms with van der Waals surface area (Å²) in [6.45, 7) is 1.09. The van der Waals surface area contributed by atoms with Gasteiger partial charge in [0.05, 0.1) is 16.3 Å². The van der Waals surface area contributed by atoms with Gasteiger partial charge >= 0.3 is 0 Å². The smallest absolute Gasteiger partial charge is 0.264 e. The van der Waals surface area contributed by atoms with Crippen LogP contribution in [-0.4, -0.2) is 32.5 Å². The second-order valence-electron chi connectivity index (χ2n) is 8.72. The van der Waals surface area contributed by atoms with Crippen LogP contribution in [0.5, 0.6) is 0 Å². The summed E-state index contributed by atoms with van der Waals surface area (Å²) >= 11 is 18.0. The van der Waals surface area contributed by atoms with Crippen LogP contribution in [0, 0.1) is 0 Å². The van der Waals surface area contributed by atoms with E-state index in [0.29, 0.717) is 37.6 Å². The Bertz CT molecular complexity index is 1730. The van der Waals surface area contributed by atoms with Gasteiger partial charge < -0.3 is 5.32 Å². The molecule has 0 aliphatic carbocycles. The van der Waals surface area contributed by atoms with E-state index < -0.39 is 22.5 Å². The number of benzene rings is 4. The average Bonchev–Trinajstić information content (AvgIpc) is 2.95. The van der Waals surface area contributed by atoms with Crippen LogP contribution in [0.1, 0.15) is 22.8 Å². The van der Waals surface area contributed by atoms with E-state index in [1.807, 2.05) is 0 Å². The number of amides is 2. The number of hydrazone groups is 1. The number of halogens is 3. The molecule has 0 radical (unpaired) electrons. The van der Waals surface area contributed by atoms with Gasteiger partial charge in [0, 0.05) is 26.3 Å². The first kappa shape index (κ1) is 30.1. The first-order chi connectivity index (χ1) is 19.5. The largest absolute Gasteiger partial charge is 0.322 e. The van der Waals surface area contributed by atoms with Crippen molar-refractivity contribution in [2.45, 2.75) is 11.8 Å². The van der Waals surface area contributed by atoms with Gasteiger partial charge in [-0.05, 0) is 85.3 Å². The van der Waals surface area contributed by atoms with Gasteiger partial charge in [0.1, 0.15) is 6.54 Å². The molecule has 0 spiro atoms. The zero-order valence-corrected chi connectivity index (χ0v) is 24.6. The van der Waals surface area contributed by atoms with Crippen LogP contribution in [-0.2, 0) is 14.8 Å². The molecule has 0 aromatic heterocycles. The van der Waals surface area contributed by atoms with E-state index in [4.69, 9.17) is 34.8 Å². The van der Waals surface area contributed by atoms with Crippen LogP contribution in [0.3, 0.4) is 0 Å². The highest BCUT2D eigenvalue weighted by atomic mass is 35.5. The van der Waals surface area contributed by atoms with Crippen molar-refractivity contribution in [1.29, 1.82) is 0 Å². The third kappa shape index (κ3) is 7.86. The predicted molar refractivity (Wildman–Crippen MR) is 164 cm³/mol. The summed E-state index contributed by atoms with van der Waals surface area (Å²) < 4.78 is 27.9. The van der Waals surface area contributed by atoms with Crippen molar-refractivity contribution in [3.05, 3.63) is 123 Å². The molecule has 2 amide bonds. The van der Waals surface area contributed by atoms with E-state index in [9.17, 15) is 18.0 Å². The minimum absolute atomic E-state index is 0.0500. The summed E-state index contributed by atoms with van der Waals surface area (Å²) in [5.41, 5.74) is 4.56. The maximum Gasteiger partial charge on any atom is 0.264 e. The minimum atomic E-state index is -4.16. The quantitative estimate of drug-likeness (QED) is 0.160. The fraction of sp³-hybridized carbons (Fsp3) is 0.0690. The third-order valence-corrected chi connectivity index (χ3v) is 8.27. The summed E-state index contributed by atoms with van der Waals surface area (Å²) in [6, 6.07) is 25.2. The first-order valence-electron chi connectivity index (χ1n) is 12.1. The number of hydrogen-bond acceptors (Lipinski definition) is 5. The van der Waals surface area contributed by atoms with Crippen molar-refractivity contribution in [2.75, 3.05) is 16.2 Å². The molecular weight excluding hydrogens is 607 g/mol. The Hall–Kier alpha value is -3.89. The van der Waals surface area contributed by atoms with Gasteiger partial charge in [-0.3, -0.25) is 13.9 Å². The highest BCUT2D eigenvalue weighted by molar-refractivity contribution is 7.92. The van der Waals surface area contributed by atoms with Crippen LogP contribution in [0.2, 0.25) is 15.1 Å². The van der Waals surface area contributed by atoms with Gasteiger partial charge in [0.25, 0.3) is 21.8 Å². The molecule has 2 N–H and O–H groups in total. The summed E-state index contributed by atoms with van der Waals surface area (Å²) in [6.07, 6.45) is 0. The number of anilines is 2. The number of rotatable bonds is 9. The molecule has 0 atom stereocenters. The van der Waals surface area contributed by atoms with E-state index in [2.05, 4.69) is 15.8 Å². The van der Waals surface area contributed by atoms with Crippen molar-refractivity contribution in [3.63, 3.8) is 0 Å². The molecule has 0 bridgehead atoms. The number of sulfonamides is 1. The van der Waals surface area contributed by atoms with Crippen LogP contribution in [0.4, 0.5) is 11.4 Å². The molecule has 4 aromatic rings. The second-order valence-corrected chi connectivity index (χ2v) is 11.9. The lowest BCUT2D eigenvalue weighted by molar-refractivity contribution is -0.119. The Morgan fingerprint density at radius 2 is 1.41 bits per heavy atom. The van der Waals surface area contributed by atoms with E-state index in [-0.39, 0.29) is 16.5 Å². The number of hydrogen-bond donors (Lipinski definition) is 2. The zero-order chi connectivity index (χ0) is 29.6. The average molecular weight is 630 g/mol. The Morgan fingerprint density at radius 1 is 0.780 bits per heavy atom. The van der Waals surface area contributed by atoms with Crippen LogP contribution < -0.4 is 15.0 Å². The topological polar surface area (TPSA) is 108 Å². The van der Waals surface area contributed by atoms with Gasteiger partial charge in [0.2, 0.25) is 0 Å². The summed E-state index contributed by atoms with van der Waals surface area (Å²) in [5, 5.41) is 8.05. The highest BCUT2D eigenvalue weighted by Gasteiger charge is 2.27. The van der Waals surface area contributed by atoms with Crippen molar-refractivity contribution in [2.24, 2.45) is 5.10 Å². The summed E-state index contributed by atoms with van der Waals surface area (Å²) in [5.74, 6) is -1.03. The Labute approximate surface area is 252 Å². The summed E-state index contributed by atoms with van der Waals surface area (Å²) in [7, 11) is -4.16. The van der Waals surface area contributed by atoms with Crippen molar-refractivity contribution < 1.29 is 18.0 Å². The third-order valence-electron chi connectivity index (χ3n) is 5.76. The zero-order valence-electron chi connectivity index (χ0n) is 21.5. The van der Waals surface area contributed by atoms with Crippen molar-refractivity contribution in [3.8, 4) is 0 Å². The lowest BCUT2D eigenvalue weighted by atomic mass is 10.1. The van der Waals surface area contributed by atoms with E-state index in [1.165, 1.54) is 36.4 Å². The molecule has 12 heteroatoms. The normalized spacial score (nSPS) is 11.6. The highest BCUT2D eigenvalue weighted by Crippen LogP contribution is 2.27. The molecule has 41 heavy (non-hydrogen) atoms. The first-order valence-corrected chi connectivity index (χ1v) is 14.6. The fourth-order valence-electron chi connectivity index (χ4n) is 3.71. The molecule has 210 valence electrons. The molecule has 0 fully saturated rings. The molecule has 8 nitrogen and oxygen atoms in total. The SMILES string of the molecule is C/C(=N/NC(=O)CN(c1cccc(Cl)c1)S(=O)(=O)c1ccc(Cl)cc1)c1cccc(NC(=O)c2cccc(Cl)c2)c1. The monoisotopic (exact) mass is 628 g/mol. The second kappa shape index (κ2) is 13.2. The van der Waals surface area contributed by atoms with Gasteiger partial charge in [0.15, 0.2) is 0 Å². The van der Waals surface area contributed by atoms with Crippen LogP contribution in [0.25, 0.3) is 0 Å². The van der Waals surface area contributed by atoms with Gasteiger partial charge in [-0.15, -0.1) is 0 Å². The molecule has 4 rings (SSSR count). The minimum Gasteiger partial charge on any atom is -0.322 e. The van der Waals surface area contributed by atoms with Gasteiger partial charge in [-0.2, -0.15) is 5.10 Å². The predicted octanol–water partition coefficient (Wildman–Crippen LogP) is 6.63. The van der Waals surface area contributed by atoms with E-state index >= 15 is 0 Å². The maximum atomic E-state index is 13.5. The van der Waals surface area contributed by atoms with Crippen molar-refractivity contribution in [1.82, 2.24) is 5.43 Å². The van der Waals surface area contributed by atoms with Crippen molar-refractivity contribution >= 4 is 73.7 Å². The summed E-state index contributed by atoms with van der Waals surface area (Å²) in [4.78, 5) is 25.5. The lowest BCUT2D eigenvalue weighted by Crippen LogP contribution is -2.39. The van der Waals surface area contributed by atoms with Gasteiger partial charge in [-0.1, -0.05) is 59.1 Å². The number of carbonyl (C=O) groups excluding carboxylic acids is 2. The molecule has 0 heterocycles. The molecule has 0 aliphatic rings. The van der Waals surface area contributed by atoms with Crippen LogP contribution >= 0.6 is 34.8 Å².